The number of hydrogen-bond acceptors (Lipinski definition) is 4. The highest BCUT2D eigenvalue weighted by Gasteiger charge is 2.59. The van der Waals surface area contributed by atoms with Crippen molar-refractivity contribution in [3.63, 3.8) is 0 Å². The topological polar surface area (TPSA) is 72.2 Å². The Kier molecular flexibility index (Phi) is 3.37. The summed E-state index contributed by atoms with van der Waals surface area (Å²) in [4.78, 5) is 0. The summed E-state index contributed by atoms with van der Waals surface area (Å²) in [6, 6.07) is 11.5. The highest BCUT2D eigenvalue weighted by molar-refractivity contribution is 7.88. The first kappa shape index (κ1) is 14.3. The number of hydrogen-bond donors (Lipinski definition) is 1. The molecule has 112 valence electrons. The largest absolute Gasteiger partial charge is 0.364 e. The van der Waals surface area contributed by atoms with Crippen molar-refractivity contribution in [2.45, 2.75) is 31.6 Å². The van der Waals surface area contributed by atoms with Crippen LogP contribution in [0.3, 0.4) is 0 Å². The molecular formula is C15H18N2O3S. The number of nitrogens with zero attached hydrogens (tertiary/aromatic N) is 1. The Morgan fingerprint density at radius 3 is 2.57 bits per heavy atom. The molecule has 1 aromatic carbocycles. The lowest BCUT2D eigenvalue weighted by Gasteiger charge is -2.06. The predicted molar refractivity (Wildman–Crippen MR) is 79.0 cm³/mol. The van der Waals surface area contributed by atoms with Crippen LogP contribution in [0.25, 0.3) is 0 Å². The summed E-state index contributed by atoms with van der Waals surface area (Å²) < 4.78 is 31.9. The first-order valence-electron chi connectivity index (χ1n) is 6.84. The summed E-state index contributed by atoms with van der Waals surface area (Å²) in [6.07, 6.45) is 1.37. The van der Waals surface area contributed by atoms with E-state index >= 15 is 0 Å². The average molecular weight is 306 g/mol. The van der Waals surface area contributed by atoms with Gasteiger partial charge >= 0.3 is 0 Å². The van der Waals surface area contributed by atoms with Gasteiger partial charge in [0.1, 0.15) is 12.0 Å². The molecule has 1 aliphatic carbocycles. The summed E-state index contributed by atoms with van der Waals surface area (Å²) in [5.41, 5.74) is 1.49. The second-order valence-corrected chi connectivity index (χ2v) is 7.81. The summed E-state index contributed by atoms with van der Waals surface area (Å²) >= 11 is 0. The summed E-state index contributed by atoms with van der Waals surface area (Å²) in [5, 5.41) is 3.65. The van der Waals surface area contributed by atoms with Gasteiger partial charge in [-0.1, -0.05) is 49.3 Å². The van der Waals surface area contributed by atoms with Gasteiger partial charge in [-0.05, 0) is 11.0 Å². The van der Waals surface area contributed by atoms with Gasteiger partial charge in [-0.3, -0.25) is 0 Å². The van der Waals surface area contributed by atoms with Crippen LogP contribution in [0.5, 0.6) is 0 Å². The van der Waals surface area contributed by atoms with Crippen molar-refractivity contribution in [2.24, 2.45) is 5.41 Å². The van der Waals surface area contributed by atoms with Gasteiger partial charge in [-0.15, -0.1) is 0 Å². The summed E-state index contributed by atoms with van der Waals surface area (Å²) in [6.45, 7) is 4.15. The van der Waals surface area contributed by atoms with Crippen molar-refractivity contribution >= 4 is 10.0 Å². The maximum Gasteiger partial charge on any atom is 0.217 e. The molecular weight excluding hydrogens is 288 g/mol. The highest BCUT2D eigenvalue weighted by Crippen LogP contribution is 2.58. The molecule has 1 aliphatic rings. The molecule has 6 heteroatoms. The van der Waals surface area contributed by atoms with Gasteiger partial charge < -0.3 is 4.52 Å². The normalized spacial score (nSPS) is 23.9. The molecule has 3 rings (SSSR count). The van der Waals surface area contributed by atoms with E-state index in [1.807, 2.05) is 30.3 Å². The van der Waals surface area contributed by atoms with E-state index in [9.17, 15) is 8.42 Å². The lowest BCUT2D eigenvalue weighted by molar-refractivity contribution is 0.413. The minimum Gasteiger partial charge on any atom is -0.364 e. The van der Waals surface area contributed by atoms with E-state index in [2.05, 4.69) is 28.2 Å². The molecule has 0 radical (unpaired) electrons. The zero-order chi connectivity index (χ0) is 15.1. The first-order chi connectivity index (χ1) is 9.90. The van der Waals surface area contributed by atoms with Gasteiger partial charge in [0.05, 0.1) is 5.69 Å². The maximum absolute atomic E-state index is 12.2. The third-order valence-electron chi connectivity index (χ3n) is 4.12. The van der Waals surface area contributed by atoms with Gasteiger partial charge in [0.2, 0.25) is 10.0 Å². The number of sulfonamides is 1. The number of benzene rings is 1. The van der Waals surface area contributed by atoms with Crippen molar-refractivity contribution in [3.05, 3.63) is 53.9 Å². The molecule has 1 aromatic heterocycles. The van der Waals surface area contributed by atoms with E-state index in [4.69, 9.17) is 0 Å². The molecule has 0 bridgehead atoms. The molecule has 0 aliphatic heterocycles. The fourth-order valence-corrected chi connectivity index (χ4v) is 4.33. The van der Waals surface area contributed by atoms with Crippen LogP contribution >= 0.6 is 0 Å². The molecule has 2 aromatic rings. The summed E-state index contributed by atoms with van der Waals surface area (Å²) in [7, 11) is -3.43. The van der Waals surface area contributed by atoms with Crippen LogP contribution in [0.15, 0.2) is 47.2 Å². The second-order valence-electron chi connectivity index (χ2n) is 6.06. The van der Waals surface area contributed by atoms with Crippen LogP contribution in [0.4, 0.5) is 0 Å². The van der Waals surface area contributed by atoms with Crippen molar-refractivity contribution < 1.29 is 12.9 Å². The standard InChI is InChI=1S/C15H18N2O3S/c1-15(2)13(11-6-4-3-5-7-11)14(15)17-21(18,19)10-12-8-9-20-16-12/h3-9,13-14,17H,10H2,1-2H3/t13-,14-/m0/s1. The fraction of sp³-hybridized carbons (Fsp3) is 0.400. The third kappa shape index (κ3) is 2.87. The van der Waals surface area contributed by atoms with E-state index in [0.717, 1.165) is 5.56 Å². The zero-order valence-electron chi connectivity index (χ0n) is 12.0. The third-order valence-corrected chi connectivity index (χ3v) is 5.41. The molecule has 2 atom stereocenters. The molecule has 0 saturated heterocycles. The number of aromatic nitrogens is 1. The van der Waals surface area contributed by atoms with Crippen molar-refractivity contribution in [3.8, 4) is 0 Å². The highest BCUT2D eigenvalue weighted by atomic mass is 32.2. The molecule has 0 amide bonds. The Bertz CT molecular complexity index is 709. The van der Waals surface area contributed by atoms with Crippen LogP contribution in [-0.4, -0.2) is 19.6 Å². The molecule has 21 heavy (non-hydrogen) atoms. The fourth-order valence-electron chi connectivity index (χ4n) is 2.88. The Hall–Kier alpha value is -1.66. The van der Waals surface area contributed by atoms with Crippen LogP contribution in [0.1, 0.15) is 31.0 Å². The number of nitrogens with one attached hydrogen (secondary N) is 1. The van der Waals surface area contributed by atoms with Gasteiger partial charge in [0, 0.05) is 18.0 Å². The lowest BCUT2D eigenvalue weighted by Crippen LogP contribution is -2.30. The van der Waals surface area contributed by atoms with E-state index in [0.29, 0.717) is 5.69 Å². The lowest BCUT2D eigenvalue weighted by atomic mass is 10.0. The first-order valence-corrected chi connectivity index (χ1v) is 8.49. The van der Waals surface area contributed by atoms with Crippen molar-refractivity contribution in [1.82, 2.24) is 9.88 Å². The quantitative estimate of drug-likeness (QED) is 0.920. The van der Waals surface area contributed by atoms with Gasteiger partial charge in [-0.2, -0.15) is 0 Å². The molecule has 0 spiro atoms. The molecule has 0 unspecified atom stereocenters. The van der Waals surface area contributed by atoms with Crippen molar-refractivity contribution in [2.75, 3.05) is 0 Å². The van der Waals surface area contributed by atoms with E-state index < -0.39 is 10.0 Å². The van der Waals surface area contributed by atoms with E-state index in [1.165, 1.54) is 6.26 Å². The Balaban J connectivity index is 1.73. The van der Waals surface area contributed by atoms with Crippen LogP contribution in [-0.2, 0) is 15.8 Å². The van der Waals surface area contributed by atoms with Gasteiger partial charge in [-0.25, -0.2) is 13.1 Å². The molecule has 1 fully saturated rings. The maximum atomic E-state index is 12.2. The van der Waals surface area contributed by atoms with Crippen LogP contribution in [0.2, 0.25) is 0 Å². The molecule has 1 saturated carbocycles. The number of rotatable bonds is 5. The zero-order valence-corrected chi connectivity index (χ0v) is 12.8. The van der Waals surface area contributed by atoms with Crippen LogP contribution in [0, 0.1) is 5.41 Å². The minimum absolute atomic E-state index is 0.0851. The Morgan fingerprint density at radius 1 is 1.24 bits per heavy atom. The average Bonchev–Trinajstić information content (AvgIpc) is 2.79. The molecule has 5 nitrogen and oxygen atoms in total. The van der Waals surface area contributed by atoms with Crippen LogP contribution < -0.4 is 4.72 Å². The van der Waals surface area contributed by atoms with E-state index in [1.54, 1.807) is 6.07 Å². The second kappa shape index (κ2) is 4.96. The summed E-state index contributed by atoms with van der Waals surface area (Å²) in [5.74, 6) is 0.0446. The predicted octanol–water partition coefficient (Wildman–Crippen LogP) is 2.29. The smallest absolute Gasteiger partial charge is 0.217 e. The molecule has 1 heterocycles. The monoisotopic (exact) mass is 306 g/mol. The SMILES string of the molecule is CC1(C)[C@@H](NS(=O)(=O)Cc2ccon2)[C@@H]1c1ccccc1. The minimum atomic E-state index is -3.43. The van der Waals surface area contributed by atoms with E-state index in [-0.39, 0.29) is 23.1 Å². The Labute approximate surface area is 124 Å². The Morgan fingerprint density at radius 2 is 1.95 bits per heavy atom. The van der Waals surface area contributed by atoms with Gasteiger partial charge in [0.15, 0.2) is 0 Å². The van der Waals surface area contributed by atoms with Gasteiger partial charge in [0.25, 0.3) is 0 Å². The van der Waals surface area contributed by atoms with Crippen molar-refractivity contribution in [1.29, 1.82) is 0 Å². The molecule has 1 N–H and O–H groups in total.